The van der Waals surface area contributed by atoms with Gasteiger partial charge in [0.15, 0.2) is 5.75 Å². The van der Waals surface area contributed by atoms with E-state index in [9.17, 15) is 10.1 Å². The predicted molar refractivity (Wildman–Crippen MR) is 84.5 cm³/mol. The lowest BCUT2D eigenvalue weighted by atomic mass is 10.2. The van der Waals surface area contributed by atoms with Gasteiger partial charge in [-0.25, -0.2) is 0 Å². The monoisotopic (exact) mass is 312 g/mol. The van der Waals surface area contributed by atoms with Crippen molar-refractivity contribution in [2.24, 2.45) is 0 Å². The number of unbranched alkanes of at least 4 members (excludes halogenated alkanes) is 1. The number of hydrogen-bond acceptors (Lipinski definition) is 5. The predicted octanol–water partition coefficient (Wildman–Crippen LogP) is 3.70. The molecule has 0 saturated heterocycles. The molecule has 0 bridgehead atoms. The van der Waals surface area contributed by atoms with Gasteiger partial charge in [0.1, 0.15) is 5.75 Å². The molecule has 0 aliphatic carbocycles. The Balaban J connectivity index is 1.70. The van der Waals surface area contributed by atoms with Crippen LogP contribution in [0.3, 0.4) is 0 Å². The molecule has 2 rings (SSSR count). The maximum absolute atomic E-state index is 10.8. The molecule has 23 heavy (non-hydrogen) atoms. The smallest absolute Gasteiger partial charge is 0.310 e. The van der Waals surface area contributed by atoms with E-state index in [0.717, 1.165) is 6.42 Å². The molecule has 0 atom stereocenters. The number of hydrogen-bond donors (Lipinski definition) is 0. The molecule has 6 heteroatoms. The van der Waals surface area contributed by atoms with Gasteiger partial charge in [0.25, 0.3) is 0 Å². The third-order valence-electron chi connectivity index (χ3n) is 3.09. The van der Waals surface area contributed by atoms with Gasteiger partial charge in [-0.3, -0.25) is 10.1 Å². The number of para-hydroxylation sites is 2. The first kappa shape index (κ1) is 16.3. The van der Waals surface area contributed by atoms with E-state index in [1.165, 1.54) is 6.07 Å². The summed E-state index contributed by atoms with van der Waals surface area (Å²) in [6, 6.07) is 15.3. The zero-order chi connectivity index (χ0) is 16.5. The molecule has 2 aromatic rings. The molecule has 0 aliphatic rings. The lowest BCUT2D eigenvalue weighted by Gasteiger charge is -2.08. The zero-order valence-electron chi connectivity index (χ0n) is 12.5. The van der Waals surface area contributed by atoms with Crippen LogP contribution in [0, 0.1) is 21.4 Å². The van der Waals surface area contributed by atoms with E-state index in [4.69, 9.17) is 14.7 Å². The molecule has 118 valence electrons. The fourth-order valence-corrected chi connectivity index (χ4v) is 1.96. The Labute approximate surface area is 134 Å². The van der Waals surface area contributed by atoms with Gasteiger partial charge < -0.3 is 9.47 Å². The van der Waals surface area contributed by atoms with Gasteiger partial charge in [0, 0.05) is 6.07 Å². The van der Waals surface area contributed by atoms with Crippen LogP contribution < -0.4 is 9.47 Å². The first-order valence-corrected chi connectivity index (χ1v) is 7.20. The van der Waals surface area contributed by atoms with E-state index in [-0.39, 0.29) is 11.4 Å². The summed E-state index contributed by atoms with van der Waals surface area (Å²) in [5, 5.41) is 19.7. The van der Waals surface area contributed by atoms with Gasteiger partial charge >= 0.3 is 5.69 Å². The highest BCUT2D eigenvalue weighted by atomic mass is 16.6. The fraction of sp³-hybridized carbons (Fsp3) is 0.235. The van der Waals surface area contributed by atoms with E-state index in [2.05, 4.69) is 6.07 Å². The molecular weight excluding hydrogens is 296 g/mol. The summed E-state index contributed by atoms with van der Waals surface area (Å²) in [6.45, 7) is 0.877. The minimum atomic E-state index is -0.458. The molecule has 2 aromatic carbocycles. The van der Waals surface area contributed by atoms with Gasteiger partial charge in [-0.15, -0.1) is 0 Å². The van der Waals surface area contributed by atoms with Crippen molar-refractivity contribution in [2.75, 3.05) is 13.2 Å². The highest BCUT2D eigenvalue weighted by molar-refractivity contribution is 5.45. The fourth-order valence-electron chi connectivity index (χ4n) is 1.96. The molecule has 0 radical (unpaired) electrons. The summed E-state index contributed by atoms with van der Waals surface area (Å²) in [7, 11) is 0. The van der Waals surface area contributed by atoms with Crippen LogP contribution >= 0.6 is 0 Å². The molecule has 0 saturated carbocycles. The van der Waals surface area contributed by atoms with Crippen molar-refractivity contribution >= 4 is 5.69 Å². The summed E-state index contributed by atoms with van der Waals surface area (Å²) < 4.78 is 11.0. The second-order valence-electron chi connectivity index (χ2n) is 4.77. The molecule has 0 N–H and O–H groups in total. The van der Waals surface area contributed by atoms with E-state index in [1.54, 1.807) is 42.5 Å². The van der Waals surface area contributed by atoms with Gasteiger partial charge in [0.2, 0.25) is 0 Å². The van der Waals surface area contributed by atoms with Crippen molar-refractivity contribution in [2.45, 2.75) is 12.8 Å². The number of nitro benzene ring substituents is 1. The Kier molecular flexibility index (Phi) is 5.95. The molecule has 0 amide bonds. The molecule has 0 unspecified atom stereocenters. The van der Waals surface area contributed by atoms with E-state index in [1.807, 2.05) is 0 Å². The van der Waals surface area contributed by atoms with E-state index < -0.39 is 4.92 Å². The molecule has 0 heterocycles. The summed E-state index contributed by atoms with van der Waals surface area (Å²) >= 11 is 0. The topological polar surface area (TPSA) is 85.4 Å². The Hall–Kier alpha value is -3.07. The molecule has 0 aromatic heterocycles. The Bertz CT molecular complexity index is 710. The second kappa shape index (κ2) is 8.39. The van der Waals surface area contributed by atoms with Crippen molar-refractivity contribution in [1.82, 2.24) is 0 Å². The van der Waals surface area contributed by atoms with Crippen molar-refractivity contribution in [3.8, 4) is 17.6 Å². The van der Waals surface area contributed by atoms with E-state index >= 15 is 0 Å². The Morgan fingerprint density at radius 1 is 1.04 bits per heavy atom. The first-order chi connectivity index (χ1) is 11.2. The zero-order valence-corrected chi connectivity index (χ0v) is 12.5. The van der Waals surface area contributed by atoms with Crippen LogP contribution in [0.25, 0.3) is 0 Å². The van der Waals surface area contributed by atoms with Crippen molar-refractivity contribution in [3.63, 3.8) is 0 Å². The largest absolute Gasteiger partial charge is 0.494 e. The quantitative estimate of drug-likeness (QED) is 0.421. The molecule has 0 fully saturated rings. The van der Waals surface area contributed by atoms with Crippen LogP contribution in [0.2, 0.25) is 0 Å². The number of benzene rings is 2. The minimum Gasteiger partial charge on any atom is -0.494 e. The third-order valence-corrected chi connectivity index (χ3v) is 3.09. The standard InChI is InChI=1S/C17H16N2O4/c18-13-14-6-5-7-15(12-14)22-10-3-4-11-23-17-9-2-1-8-16(17)19(20)21/h1-2,5-9,12H,3-4,10-11H2. The maximum Gasteiger partial charge on any atom is 0.310 e. The van der Waals surface area contributed by atoms with Crippen LogP contribution in [0.15, 0.2) is 48.5 Å². The van der Waals surface area contributed by atoms with Crippen molar-refractivity contribution in [3.05, 3.63) is 64.2 Å². The number of ether oxygens (including phenoxy) is 2. The molecule has 6 nitrogen and oxygen atoms in total. The molecular formula is C17H16N2O4. The summed E-state index contributed by atoms with van der Waals surface area (Å²) in [5.41, 5.74) is 0.527. The molecule has 0 spiro atoms. The Morgan fingerprint density at radius 3 is 2.52 bits per heavy atom. The Morgan fingerprint density at radius 2 is 1.78 bits per heavy atom. The summed E-state index contributed by atoms with van der Waals surface area (Å²) in [4.78, 5) is 10.4. The number of nitrogens with zero attached hydrogens (tertiary/aromatic N) is 2. The normalized spacial score (nSPS) is 9.87. The average Bonchev–Trinajstić information content (AvgIpc) is 2.58. The van der Waals surface area contributed by atoms with Crippen molar-refractivity contribution < 1.29 is 14.4 Å². The number of nitriles is 1. The van der Waals surface area contributed by atoms with Gasteiger partial charge in [0.05, 0.1) is 29.8 Å². The van der Waals surface area contributed by atoms with Gasteiger partial charge in [-0.05, 0) is 37.1 Å². The number of nitro groups is 1. The SMILES string of the molecule is N#Cc1cccc(OCCCCOc2ccccc2[N+](=O)[O-])c1. The van der Waals surface area contributed by atoms with Crippen LogP contribution in [0.4, 0.5) is 5.69 Å². The van der Waals surface area contributed by atoms with Crippen LogP contribution in [-0.4, -0.2) is 18.1 Å². The number of rotatable bonds is 8. The third kappa shape index (κ3) is 5.00. The highest BCUT2D eigenvalue weighted by Gasteiger charge is 2.12. The minimum absolute atomic E-state index is 0.0305. The van der Waals surface area contributed by atoms with Gasteiger partial charge in [-0.2, -0.15) is 5.26 Å². The lowest BCUT2D eigenvalue weighted by Crippen LogP contribution is -2.04. The highest BCUT2D eigenvalue weighted by Crippen LogP contribution is 2.25. The van der Waals surface area contributed by atoms with Crippen LogP contribution in [0.5, 0.6) is 11.5 Å². The van der Waals surface area contributed by atoms with Crippen LogP contribution in [0.1, 0.15) is 18.4 Å². The van der Waals surface area contributed by atoms with Crippen molar-refractivity contribution in [1.29, 1.82) is 5.26 Å². The summed E-state index contributed by atoms with van der Waals surface area (Å²) in [5.74, 6) is 0.934. The molecule has 0 aliphatic heterocycles. The second-order valence-corrected chi connectivity index (χ2v) is 4.77. The summed E-state index contributed by atoms with van der Waals surface area (Å²) in [6.07, 6.45) is 1.46. The first-order valence-electron chi connectivity index (χ1n) is 7.20. The van der Waals surface area contributed by atoms with Gasteiger partial charge in [-0.1, -0.05) is 18.2 Å². The maximum atomic E-state index is 10.8. The average molecular weight is 312 g/mol. The lowest BCUT2D eigenvalue weighted by molar-refractivity contribution is -0.385. The van der Waals surface area contributed by atoms with E-state index in [0.29, 0.717) is 30.9 Å². The van der Waals surface area contributed by atoms with Crippen LogP contribution in [-0.2, 0) is 0 Å².